The third kappa shape index (κ3) is 7.52. The Hall–Kier alpha value is -4.69. The molecule has 1 heterocycles. The standard InChI is InChI=1S/C38H32O6S/c39-36(31-20-16-29(17-21-31)27-12-6-2-7-13-27)43-25-33-34(35(38(41)45-33)42-24-26-10-4-1-5-11-26)44-37(40)32-22-18-30(19-23-32)28-14-8-3-9-15-28/h1-23,33-35,38,41H,24-25H2/t33-,34+,35-,38?/m1/s1. The summed E-state index contributed by atoms with van der Waals surface area (Å²) in [4.78, 5) is 26.3. The van der Waals surface area contributed by atoms with Crippen molar-refractivity contribution in [3.63, 3.8) is 0 Å². The molecule has 1 aliphatic heterocycles. The quantitative estimate of drug-likeness (QED) is 0.164. The lowest BCUT2D eigenvalue weighted by Gasteiger charge is -2.25. The van der Waals surface area contributed by atoms with Gasteiger partial charge in [-0.2, -0.15) is 0 Å². The maximum absolute atomic E-state index is 13.4. The van der Waals surface area contributed by atoms with E-state index in [0.717, 1.165) is 27.8 Å². The molecule has 0 spiro atoms. The molecule has 5 aromatic rings. The van der Waals surface area contributed by atoms with Crippen LogP contribution < -0.4 is 0 Å². The maximum Gasteiger partial charge on any atom is 0.338 e. The van der Waals surface area contributed by atoms with E-state index in [4.69, 9.17) is 14.2 Å². The molecule has 1 saturated heterocycles. The summed E-state index contributed by atoms with van der Waals surface area (Å²) in [5, 5.41) is 10.4. The van der Waals surface area contributed by atoms with E-state index >= 15 is 0 Å². The number of rotatable bonds is 10. The Balaban J connectivity index is 1.15. The van der Waals surface area contributed by atoms with E-state index in [1.807, 2.05) is 115 Å². The van der Waals surface area contributed by atoms with Gasteiger partial charge in [0.25, 0.3) is 0 Å². The fourth-order valence-electron chi connectivity index (χ4n) is 5.22. The maximum atomic E-state index is 13.4. The highest BCUT2D eigenvalue weighted by atomic mass is 32.2. The number of aliphatic hydroxyl groups is 1. The lowest BCUT2D eigenvalue weighted by Crippen LogP contribution is -2.40. The fourth-order valence-corrected chi connectivity index (χ4v) is 6.48. The summed E-state index contributed by atoms with van der Waals surface area (Å²) in [6.07, 6.45) is -1.68. The van der Waals surface area contributed by atoms with Crippen LogP contribution in [0.4, 0.5) is 0 Å². The van der Waals surface area contributed by atoms with Gasteiger partial charge in [-0.15, -0.1) is 11.8 Å². The zero-order valence-corrected chi connectivity index (χ0v) is 25.2. The molecule has 6 nitrogen and oxygen atoms in total. The second-order valence-electron chi connectivity index (χ2n) is 10.7. The van der Waals surface area contributed by atoms with Crippen molar-refractivity contribution in [2.24, 2.45) is 0 Å². The van der Waals surface area contributed by atoms with Crippen molar-refractivity contribution in [1.82, 2.24) is 0 Å². The molecule has 0 aliphatic carbocycles. The first kappa shape index (κ1) is 30.3. The van der Waals surface area contributed by atoms with Crippen LogP contribution in [0.1, 0.15) is 26.3 Å². The van der Waals surface area contributed by atoms with Crippen LogP contribution in [0.25, 0.3) is 22.3 Å². The number of aliphatic hydroxyl groups excluding tert-OH is 1. The van der Waals surface area contributed by atoms with Gasteiger partial charge in [-0.3, -0.25) is 0 Å². The number of carbonyl (C=O) groups is 2. The Morgan fingerprint density at radius 1 is 0.578 bits per heavy atom. The van der Waals surface area contributed by atoms with Crippen molar-refractivity contribution in [3.8, 4) is 22.3 Å². The number of benzene rings is 5. The van der Waals surface area contributed by atoms with Crippen LogP contribution in [0.2, 0.25) is 0 Å². The first-order valence-electron chi connectivity index (χ1n) is 14.7. The molecule has 7 heteroatoms. The Morgan fingerprint density at radius 3 is 1.58 bits per heavy atom. The fraction of sp³-hybridized carbons (Fsp3) is 0.158. The molecular weight excluding hydrogens is 584 g/mol. The average Bonchev–Trinajstić information content (AvgIpc) is 3.40. The summed E-state index contributed by atoms with van der Waals surface area (Å²) in [7, 11) is 0. The lowest BCUT2D eigenvalue weighted by atomic mass is 10.0. The van der Waals surface area contributed by atoms with Crippen LogP contribution in [0.15, 0.2) is 140 Å². The lowest BCUT2D eigenvalue weighted by molar-refractivity contribution is -0.0821. The van der Waals surface area contributed by atoms with Crippen molar-refractivity contribution in [1.29, 1.82) is 0 Å². The van der Waals surface area contributed by atoms with Gasteiger partial charge in [0, 0.05) is 0 Å². The molecule has 1 aliphatic rings. The summed E-state index contributed by atoms with van der Waals surface area (Å²) in [6, 6.07) is 43.7. The molecule has 1 unspecified atom stereocenters. The molecule has 5 aromatic carbocycles. The monoisotopic (exact) mass is 616 g/mol. The summed E-state index contributed by atoms with van der Waals surface area (Å²) in [5.41, 5.74) is 4.77. The van der Waals surface area contributed by atoms with Crippen LogP contribution in [-0.4, -0.2) is 46.5 Å². The van der Waals surface area contributed by atoms with Crippen molar-refractivity contribution in [3.05, 3.63) is 156 Å². The normalized spacial score (nSPS) is 19.1. The smallest absolute Gasteiger partial charge is 0.338 e. The van der Waals surface area contributed by atoms with E-state index in [0.29, 0.717) is 11.1 Å². The van der Waals surface area contributed by atoms with Gasteiger partial charge < -0.3 is 19.3 Å². The minimum absolute atomic E-state index is 0.0723. The third-order valence-corrected chi connectivity index (χ3v) is 8.95. The van der Waals surface area contributed by atoms with Crippen LogP contribution >= 0.6 is 11.8 Å². The van der Waals surface area contributed by atoms with Crippen molar-refractivity contribution >= 4 is 23.7 Å². The zero-order chi connectivity index (χ0) is 31.0. The number of hydrogen-bond donors (Lipinski definition) is 1. The third-order valence-electron chi connectivity index (χ3n) is 7.65. The number of carbonyl (C=O) groups excluding carboxylic acids is 2. The molecule has 226 valence electrons. The number of hydrogen-bond acceptors (Lipinski definition) is 7. The second-order valence-corrected chi connectivity index (χ2v) is 12.0. The molecule has 0 aromatic heterocycles. The molecule has 0 radical (unpaired) electrons. The van der Waals surface area contributed by atoms with E-state index in [2.05, 4.69) is 0 Å². The van der Waals surface area contributed by atoms with Gasteiger partial charge in [0.1, 0.15) is 24.3 Å². The van der Waals surface area contributed by atoms with E-state index in [-0.39, 0.29) is 13.2 Å². The van der Waals surface area contributed by atoms with Gasteiger partial charge in [-0.1, -0.05) is 115 Å². The molecule has 0 amide bonds. The Bertz CT molecular complexity index is 1690. The van der Waals surface area contributed by atoms with Crippen LogP contribution in [0, 0.1) is 0 Å². The molecule has 4 atom stereocenters. The van der Waals surface area contributed by atoms with Crippen molar-refractivity contribution in [2.75, 3.05) is 6.61 Å². The predicted octanol–water partition coefficient (Wildman–Crippen LogP) is 7.42. The van der Waals surface area contributed by atoms with Gasteiger partial charge in [-0.25, -0.2) is 9.59 Å². The summed E-state index contributed by atoms with van der Waals surface area (Å²) in [6.45, 7) is 0.153. The highest BCUT2D eigenvalue weighted by molar-refractivity contribution is 8.00. The van der Waals surface area contributed by atoms with Crippen molar-refractivity contribution in [2.45, 2.75) is 29.5 Å². The Kier molecular flexibility index (Phi) is 9.71. The summed E-state index contributed by atoms with van der Waals surface area (Å²) >= 11 is 1.17. The second kappa shape index (κ2) is 14.4. The summed E-state index contributed by atoms with van der Waals surface area (Å²) < 4.78 is 17.8. The molecule has 1 N–H and O–H groups in total. The topological polar surface area (TPSA) is 82.1 Å². The van der Waals surface area contributed by atoms with Crippen LogP contribution in [0.5, 0.6) is 0 Å². The molecule has 1 fully saturated rings. The minimum atomic E-state index is -0.985. The van der Waals surface area contributed by atoms with Gasteiger partial charge >= 0.3 is 11.9 Å². The SMILES string of the molecule is O=C(OC[C@H]1SC(O)[C@H](OCc2ccccc2)[C@H]1OC(=O)c1ccc(-c2ccccc2)cc1)c1ccc(-c2ccccc2)cc1. The molecule has 45 heavy (non-hydrogen) atoms. The number of esters is 2. The Morgan fingerprint density at radius 2 is 1.04 bits per heavy atom. The van der Waals surface area contributed by atoms with Crippen molar-refractivity contribution < 1.29 is 28.9 Å². The van der Waals surface area contributed by atoms with Crippen LogP contribution in [-0.2, 0) is 20.8 Å². The van der Waals surface area contributed by atoms with E-state index < -0.39 is 34.8 Å². The highest BCUT2D eigenvalue weighted by Crippen LogP contribution is 2.38. The minimum Gasteiger partial charge on any atom is -0.461 e. The highest BCUT2D eigenvalue weighted by Gasteiger charge is 2.47. The molecule has 6 rings (SSSR count). The molecule has 0 bridgehead atoms. The van der Waals surface area contributed by atoms with Gasteiger partial charge in [0.2, 0.25) is 0 Å². The summed E-state index contributed by atoms with van der Waals surface area (Å²) in [5.74, 6) is -1.05. The van der Waals surface area contributed by atoms with Gasteiger partial charge in [0.05, 0.1) is 23.0 Å². The zero-order valence-electron chi connectivity index (χ0n) is 24.4. The van der Waals surface area contributed by atoms with E-state index in [1.165, 1.54) is 11.8 Å². The Labute approximate surface area is 266 Å². The largest absolute Gasteiger partial charge is 0.461 e. The molecule has 0 saturated carbocycles. The first-order valence-corrected chi connectivity index (χ1v) is 15.7. The molecular formula is C38H32O6S. The van der Waals surface area contributed by atoms with E-state index in [1.54, 1.807) is 24.3 Å². The van der Waals surface area contributed by atoms with Gasteiger partial charge in [0.15, 0.2) is 0 Å². The van der Waals surface area contributed by atoms with Crippen LogP contribution in [0.3, 0.4) is 0 Å². The number of ether oxygens (including phenoxy) is 3. The van der Waals surface area contributed by atoms with Gasteiger partial charge in [-0.05, 0) is 52.1 Å². The first-order chi connectivity index (χ1) is 22.0. The number of thioether (sulfide) groups is 1. The predicted molar refractivity (Wildman–Crippen MR) is 176 cm³/mol. The van der Waals surface area contributed by atoms with E-state index in [9.17, 15) is 14.7 Å². The average molecular weight is 617 g/mol.